The molecule has 0 saturated carbocycles. The monoisotopic (exact) mass is 357 g/mol. The zero-order valence-electron chi connectivity index (χ0n) is 14.9. The number of carboxylic acids is 1. The first-order valence-corrected chi connectivity index (χ1v) is 8.89. The minimum Gasteiger partial charge on any atom is -0.478 e. The van der Waals surface area contributed by atoms with E-state index in [4.69, 9.17) is 0 Å². The molecule has 4 heteroatoms. The van der Waals surface area contributed by atoms with E-state index in [-0.39, 0.29) is 11.4 Å². The van der Waals surface area contributed by atoms with Crippen molar-refractivity contribution in [3.63, 3.8) is 0 Å². The Bertz CT molecular complexity index is 1030. The van der Waals surface area contributed by atoms with Crippen LogP contribution >= 0.6 is 0 Å². The lowest BCUT2D eigenvalue weighted by Gasteiger charge is -2.27. The summed E-state index contributed by atoms with van der Waals surface area (Å²) in [4.78, 5) is 24.9. The number of Topliss-reactive ketones (excluding diaryl/α,β-unsaturated/α-hetero) is 1. The highest BCUT2D eigenvalue weighted by Crippen LogP contribution is 2.43. The zero-order valence-corrected chi connectivity index (χ0v) is 14.9. The number of hydrogen-bond donors (Lipinski definition) is 2. The Morgan fingerprint density at radius 2 is 1.74 bits per heavy atom. The molecule has 1 aliphatic heterocycles. The Balaban J connectivity index is 1.73. The second-order valence-corrected chi connectivity index (χ2v) is 6.73. The Morgan fingerprint density at radius 3 is 2.44 bits per heavy atom. The number of benzene rings is 2. The summed E-state index contributed by atoms with van der Waals surface area (Å²) in [6.45, 7) is 1.76. The van der Waals surface area contributed by atoms with Gasteiger partial charge in [0.2, 0.25) is 0 Å². The van der Waals surface area contributed by atoms with E-state index < -0.39 is 11.9 Å². The van der Waals surface area contributed by atoms with Crippen molar-refractivity contribution in [3.8, 4) is 0 Å². The van der Waals surface area contributed by atoms with Gasteiger partial charge in [-0.1, -0.05) is 66.7 Å². The second-order valence-electron chi connectivity index (χ2n) is 6.73. The first-order chi connectivity index (χ1) is 13.1. The third-order valence-electron chi connectivity index (χ3n) is 5.08. The van der Waals surface area contributed by atoms with Crippen LogP contribution < -0.4 is 5.32 Å². The molecular formula is C23H19NO3. The Labute approximate surface area is 157 Å². The molecule has 2 aliphatic rings. The fraction of sp³-hybridized carbons (Fsp3) is 0.130. The molecule has 1 atom stereocenters. The maximum absolute atomic E-state index is 13.0. The van der Waals surface area contributed by atoms with Crippen LogP contribution in [0.4, 0.5) is 0 Å². The quantitative estimate of drug-likeness (QED) is 0.857. The van der Waals surface area contributed by atoms with E-state index >= 15 is 0 Å². The van der Waals surface area contributed by atoms with E-state index in [9.17, 15) is 14.7 Å². The SMILES string of the molecule is CC1=C(C(=O)O)C(CC=Cc2ccccc2)C2=C(N1)c1ccccc1C2=O. The van der Waals surface area contributed by atoms with Crippen molar-refractivity contribution < 1.29 is 14.7 Å². The van der Waals surface area contributed by atoms with Gasteiger partial charge in [-0.3, -0.25) is 4.79 Å². The number of aliphatic carboxylic acids is 1. The number of rotatable bonds is 4. The minimum atomic E-state index is -0.992. The Morgan fingerprint density at radius 1 is 1.07 bits per heavy atom. The van der Waals surface area contributed by atoms with Crippen LogP contribution in [-0.2, 0) is 4.79 Å². The molecule has 0 bridgehead atoms. The molecule has 0 spiro atoms. The second kappa shape index (κ2) is 6.72. The lowest BCUT2D eigenvalue weighted by Crippen LogP contribution is -2.29. The van der Waals surface area contributed by atoms with Crippen LogP contribution in [0.3, 0.4) is 0 Å². The summed E-state index contributed by atoms with van der Waals surface area (Å²) < 4.78 is 0. The molecule has 2 N–H and O–H groups in total. The number of ketones is 1. The van der Waals surface area contributed by atoms with E-state index in [0.717, 1.165) is 16.8 Å². The summed E-state index contributed by atoms with van der Waals surface area (Å²) in [7, 11) is 0. The maximum atomic E-state index is 13.0. The van der Waals surface area contributed by atoms with Gasteiger partial charge in [0.25, 0.3) is 0 Å². The average molecular weight is 357 g/mol. The van der Waals surface area contributed by atoms with E-state index in [1.165, 1.54) is 0 Å². The molecule has 0 saturated heterocycles. The Hall–Kier alpha value is -3.40. The summed E-state index contributed by atoms with van der Waals surface area (Å²) in [5.41, 5.74) is 4.66. The fourth-order valence-electron chi connectivity index (χ4n) is 3.88. The highest BCUT2D eigenvalue weighted by atomic mass is 16.4. The summed E-state index contributed by atoms with van der Waals surface area (Å²) in [6.07, 6.45) is 4.36. The summed E-state index contributed by atoms with van der Waals surface area (Å²) in [6, 6.07) is 17.2. The Kier molecular flexibility index (Phi) is 4.24. The number of carboxylic acid groups (broad SMARTS) is 1. The van der Waals surface area contributed by atoms with Crippen molar-refractivity contribution in [1.29, 1.82) is 0 Å². The average Bonchev–Trinajstić information content (AvgIpc) is 2.95. The van der Waals surface area contributed by atoms with Crippen LogP contribution in [0.15, 0.2) is 77.5 Å². The van der Waals surface area contributed by atoms with E-state index in [1.54, 1.807) is 13.0 Å². The van der Waals surface area contributed by atoms with Gasteiger partial charge in [0, 0.05) is 28.3 Å². The van der Waals surface area contributed by atoms with Gasteiger partial charge in [-0.2, -0.15) is 0 Å². The first kappa shape index (κ1) is 17.0. The highest BCUT2D eigenvalue weighted by Gasteiger charge is 2.40. The molecule has 0 radical (unpaired) electrons. The summed E-state index contributed by atoms with van der Waals surface area (Å²) >= 11 is 0. The predicted octanol–water partition coefficient (Wildman–Crippen LogP) is 4.28. The van der Waals surface area contributed by atoms with Crippen molar-refractivity contribution in [1.82, 2.24) is 5.32 Å². The van der Waals surface area contributed by atoms with Crippen LogP contribution in [0, 0.1) is 5.92 Å². The van der Waals surface area contributed by atoms with Gasteiger partial charge >= 0.3 is 5.97 Å². The largest absolute Gasteiger partial charge is 0.478 e. The van der Waals surface area contributed by atoms with Gasteiger partial charge in [-0.05, 0) is 18.9 Å². The van der Waals surface area contributed by atoms with Crippen molar-refractivity contribution in [3.05, 3.63) is 94.2 Å². The summed E-state index contributed by atoms with van der Waals surface area (Å²) in [5, 5.41) is 12.9. The van der Waals surface area contributed by atoms with Gasteiger partial charge in [0.05, 0.1) is 11.3 Å². The van der Waals surface area contributed by atoms with Crippen LogP contribution in [0.1, 0.15) is 34.8 Å². The molecule has 2 aromatic rings. The van der Waals surface area contributed by atoms with Crippen LogP contribution in [-0.4, -0.2) is 16.9 Å². The van der Waals surface area contributed by atoms with Gasteiger partial charge < -0.3 is 10.4 Å². The maximum Gasteiger partial charge on any atom is 0.333 e. The number of fused-ring (bicyclic) bond motifs is 2. The van der Waals surface area contributed by atoms with Crippen molar-refractivity contribution in [2.45, 2.75) is 13.3 Å². The van der Waals surface area contributed by atoms with Gasteiger partial charge in [-0.15, -0.1) is 0 Å². The predicted molar refractivity (Wildman–Crippen MR) is 105 cm³/mol. The molecule has 1 unspecified atom stereocenters. The van der Waals surface area contributed by atoms with Crippen molar-refractivity contribution in [2.75, 3.05) is 0 Å². The van der Waals surface area contributed by atoms with Crippen molar-refractivity contribution >= 4 is 23.5 Å². The number of carbonyl (C=O) groups excluding carboxylic acids is 1. The number of hydrogen-bond acceptors (Lipinski definition) is 3. The van der Waals surface area contributed by atoms with Crippen LogP contribution in [0.5, 0.6) is 0 Å². The third-order valence-corrected chi connectivity index (χ3v) is 5.08. The van der Waals surface area contributed by atoms with E-state index in [2.05, 4.69) is 5.32 Å². The smallest absolute Gasteiger partial charge is 0.333 e. The third kappa shape index (κ3) is 2.89. The lowest BCUT2D eigenvalue weighted by atomic mass is 9.82. The normalized spacial score (nSPS) is 18.6. The molecule has 2 aromatic carbocycles. The molecular weight excluding hydrogens is 338 g/mol. The van der Waals surface area contributed by atoms with Gasteiger partial charge in [0.15, 0.2) is 5.78 Å². The van der Waals surface area contributed by atoms with Gasteiger partial charge in [-0.25, -0.2) is 4.79 Å². The number of dihydropyridines is 1. The number of carbonyl (C=O) groups is 2. The number of allylic oxidation sites excluding steroid dienone is 3. The molecule has 134 valence electrons. The van der Waals surface area contributed by atoms with E-state index in [1.807, 2.05) is 60.7 Å². The molecule has 0 fully saturated rings. The van der Waals surface area contributed by atoms with Gasteiger partial charge in [0.1, 0.15) is 0 Å². The molecule has 4 rings (SSSR count). The molecule has 0 aromatic heterocycles. The first-order valence-electron chi connectivity index (χ1n) is 8.89. The standard InChI is InChI=1S/C23H19NO3/c1-14-19(23(26)27)18(13-7-10-15-8-3-2-4-9-15)20-21(24-14)16-11-5-6-12-17(16)22(20)25/h2-12,18,24H,13H2,1H3,(H,26,27). The topological polar surface area (TPSA) is 66.4 Å². The molecule has 0 amide bonds. The zero-order chi connectivity index (χ0) is 19.0. The van der Waals surface area contributed by atoms with Crippen LogP contribution in [0.25, 0.3) is 11.8 Å². The molecule has 27 heavy (non-hydrogen) atoms. The molecule has 1 aliphatic carbocycles. The fourth-order valence-corrected chi connectivity index (χ4v) is 3.88. The lowest BCUT2D eigenvalue weighted by molar-refractivity contribution is -0.133. The summed E-state index contributed by atoms with van der Waals surface area (Å²) in [5.74, 6) is -1.55. The number of nitrogens with one attached hydrogen (secondary N) is 1. The van der Waals surface area contributed by atoms with E-state index in [0.29, 0.717) is 23.3 Å². The highest BCUT2D eigenvalue weighted by molar-refractivity contribution is 6.22. The molecule has 1 heterocycles. The molecule has 4 nitrogen and oxygen atoms in total. The van der Waals surface area contributed by atoms with Crippen LogP contribution in [0.2, 0.25) is 0 Å². The van der Waals surface area contributed by atoms with Crippen molar-refractivity contribution in [2.24, 2.45) is 5.92 Å². The minimum absolute atomic E-state index is 0.0857.